The zero-order chi connectivity index (χ0) is 15.5. The molecule has 3 N–H and O–H groups in total. The van der Waals surface area contributed by atoms with Gasteiger partial charge in [-0.2, -0.15) is 0 Å². The van der Waals surface area contributed by atoms with E-state index < -0.39 is 5.82 Å². The van der Waals surface area contributed by atoms with Crippen molar-refractivity contribution in [3.05, 3.63) is 29.6 Å². The third kappa shape index (κ3) is 6.92. The molecule has 0 bridgehead atoms. The van der Waals surface area contributed by atoms with Gasteiger partial charge in [0.05, 0.1) is 12.1 Å². The van der Waals surface area contributed by atoms with Crippen LogP contribution in [0.15, 0.2) is 18.2 Å². The van der Waals surface area contributed by atoms with Crippen LogP contribution in [0.25, 0.3) is 0 Å². The molecule has 0 heterocycles. The molecule has 1 aromatic carbocycles. The number of carbonyl (C=O) groups excluding carboxylic acids is 1. The van der Waals surface area contributed by atoms with E-state index in [9.17, 15) is 9.18 Å². The monoisotopic (exact) mass is 290 g/mol. The lowest BCUT2D eigenvalue weighted by Gasteiger charge is -2.06. The van der Waals surface area contributed by atoms with Crippen LogP contribution in [-0.4, -0.2) is 12.5 Å². The number of halogens is 1. The molecule has 0 saturated carbocycles. The molecule has 0 spiro atoms. The second-order valence-corrected chi connectivity index (χ2v) is 4.91. The van der Waals surface area contributed by atoms with Crippen LogP contribution in [-0.2, 0) is 4.79 Å². The zero-order valence-electron chi connectivity index (χ0n) is 12.5. The van der Waals surface area contributed by atoms with E-state index in [2.05, 4.69) is 24.1 Å². The Bertz CT molecular complexity index is 517. The lowest BCUT2D eigenvalue weighted by molar-refractivity contribution is -0.116. The molecule has 0 aliphatic heterocycles. The van der Waals surface area contributed by atoms with E-state index in [1.165, 1.54) is 18.9 Å². The number of rotatable bonds is 7. The fraction of sp³-hybridized carbons (Fsp3) is 0.471. The van der Waals surface area contributed by atoms with Crippen molar-refractivity contribution >= 4 is 11.6 Å². The number of nitrogens with two attached hydrogens (primary N) is 1. The Morgan fingerprint density at radius 3 is 2.71 bits per heavy atom. The highest BCUT2D eigenvalue weighted by molar-refractivity contribution is 5.90. The Balaban J connectivity index is 2.44. The van der Waals surface area contributed by atoms with Gasteiger partial charge >= 0.3 is 0 Å². The van der Waals surface area contributed by atoms with Gasteiger partial charge in [0, 0.05) is 12.1 Å². The Hall–Kier alpha value is -1.86. The number of nitrogens with one attached hydrogen (secondary N) is 1. The summed E-state index contributed by atoms with van der Waals surface area (Å²) in [5.41, 5.74) is 6.00. The van der Waals surface area contributed by atoms with E-state index in [1.807, 2.05) is 0 Å². The van der Waals surface area contributed by atoms with Crippen LogP contribution < -0.4 is 11.1 Å². The first-order valence-corrected chi connectivity index (χ1v) is 7.45. The third-order valence-electron chi connectivity index (χ3n) is 3.09. The topological polar surface area (TPSA) is 55.1 Å². The molecule has 4 heteroatoms. The molecule has 21 heavy (non-hydrogen) atoms. The quantitative estimate of drug-likeness (QED) is 0.597. The van der Waals surface area contributed by atoms with Crippen molar-refractivity contribution in [2.75, 3.05) is 11.9 Å². The molecule has 0 aliphatic carbocycles. The van der Waals surface area contributed by atoms with E-state index in [-0.39, 0.29) is 18.0 Å². The summed E-state index contributed by atoms with van der Waals surface area (Å²) >= 11 is 0. The average molecular weight is 290 g/mol. The second-order valence-electron chi connectivity index (χ2n) is 4.91. The van der Waals surface area contributed by atoms with E-state index in [0.29, 0.717) is 12.1 Å². The summed E-state index contributed by atoms with van der Waals surface area (Å²) in [7, 11) is 0. The molecule has 0 saturated heterocycles. The average Bonchev–Trinajstić information content (AvgIpc) is 2.46. The van der Waals surface area contributed by atoms with Crippen LogP contribution in [0.2, 0.25) is 0 Å². The van der Waals surface area contributed by atoms with E-state index in [1.54, 1.807) is 12.1 Å². The number of anilines is 1. The first kappa shape index (κ1) is 17.2. The molecule has 1 rings (SSSR count). The van der Waals surface area contributed by atoms with Crippen molar-refractivity contribution in [3.8, 4) is 11.8 Å². The van der Waals surface area contributed by atoms with Crippen molar-refractivity contribution in [2.24, 2.45) is 5.73 Å². The van der Waals surface area contributed by atoms with E-state index >= 15 is 0 Å². The van der Waals surface area contributed by atoms with Gasteiger partial charge in [0.2, 0.25) is 5.91 Å². The molecule has 0 unspecified atom stereocenters. The molecule has 0 atom stereocenters. The zero-order valence-corrected chi connectivity index (χ0v) is 12.5. The van der Waals surface area contributed by atoms with Gasteiger partial charge in [-0.05, 0) is 24.6 Å². The number of benzene rings is 1. The van der Waals surface area contributed by atoms with Crippen LogP contribution in [0.3, 0.4) is 0 Å². The van der Waals surface area contributed by atoms with E-state index in [0.717, 1.165) is 19.3 Å². The summed E-state index contributed by atoms with van der Waals surface area (Å²) in [6, 6.07) is 4.49. The first-order chi connectivity index (χ1) is 10.2. The van der Waals surface area contributed by atoms with Gasteiger partial charge < -0.3 is 11.1 Å². The van der Waals surface area contributed by atoms with Crippen LogP contribution in [0.4, 0.5) is 10.1 Å². The largest absolute Gasteiger partial charge is 0.326 e. The maximum absolute atomic E-state index is 13.7. The van der Waals surface area contributed by atoms with Gasteiger partial charge in [-0.3, -0.25) is 4.79 Å². The minimum absolute atomic E-state index is 0.0771. The molecular formula is C17H23FN2O. The molecular weight excluding hydrogens is 267 g/mol. The number of hydrogen-bond donors (Lipinski definition) is 2. The van der Waals surface area contributed by atoms with Crippen molar-refractivity contribution in [1.29, 1.82) is 0 Å². The van der Waals surface area contributed by atoms with Gasteiger partial charge in [-0.25, -0.2) is 4.39 Å². The molecule has 114 valence electrons. The highest BCUT2D eigenvalue weighted by atomic mass is 19.1. The Kier molecular flexibility index (Phi) is 8.15. The number of amides is 1. The van der Waals surface area contributed by atoms with Gasteiger partial charge in [0.25, 0.3) is 0 Å². The SMILES string of the molecule is CCCCCCCC(=O)Nc1ccc(C#CCN)c(F)c1. The van der Waals surface area contributed by atoms with Gasteiger partial charge in [0.15, 0.2) is 0 Å². The first-order valence-electron chi connectivity index (χ1n) is 7.45. The highest BCUT2D eigenvalue weighted by Crippen LogP contribution is 2.14. The van der Waals surface area contributed by atoms with Gasteiger partial charge in [0.1, 0.15) is 5.82 Å². The molecule has 0 aromatic heterocycles. The molecule has 1 amide bonds. The minimum atomic E-state index is -0.448. The predicted molar refractivity (Wildman–Crippen MR) is 84.3 cm³/mol. The maximum Gasteiger partial charge on any atom is 0.224 e. The van der Waals surface area contributed by atoms with Crippen molar-refractivity contribution in [3.63, 3.8) is 0 Å². The number of carbonyl (C=O) groups is 1. The van der Waals surface area contributed by atoms with Crippen molar-refractivity contribution in [1.82, 2.24) is 0 Å². The molecule has 3 nitrogen and oxygen atoms in total. The van der Waals surface area contributed by atoms with Crippen LogP contribution in [0.5, 0.6) is 0 Å². The highest BCUT2D eigenvalue weighted by Gasteiger charge is 2.05. The summed E-state index contributed by atoms with van der Waals surface area (Å²) in [5, 5.41) is 2.71. The van der Waals surface area contributed by atoms with E-state index in [4.69, 9.17) is 5.73 Å². The lowest BCUT2D eigenvalue weighted by Crippen LogP contribution is -2.11. The normalized spacial score (nSPS) is 9.86. The summed E-state index contributed by atoms with van der Waals surface area (Å²) < 4.78 is 13.7. The van der Waals surface area contributed by atoms with Crippen LogP contribution >= 0.6 is 0 Å². The fourth-order valence-electron chi connectivity index (χ4n) is 1.95. The summed E-state index contributed by atoms with van der Waals surface area (Å²) in [6.07, 6.45) is 5.95. The summed E-state index contributed by atoms with van der Waals surface area (Å²) in [6.45, 7) is 2.35. The Morgan fingerprint density at radius 2 is 2.05 bits per heavy atom. The lowest BCUT2D eigenvalue weighted by atomic mass is 10.1. The minimum Gasteiger partial charge on any atom is -0.326 e. The van der Waals surface area contributed by atoms with Crippen molar-refractivity contribution in [2.45, 2.75) is 45.4 Å². The Labute approximate surface area is 126 Å². The van der Waals surface area contributed by atoms with Crippen LogP contribution in [0, 0.1) is 17.7 Å². The molecule has 0 fully saturated rings. The van der Waals surface area contributed by atoms with Crippen molar-refractivity contribution < 1.29 is 9.18 Å². The summed E-state index contributed by atoms with van der Waals surface area (Å²) in [5.74, 6) is 4.72. The van der Waals surface area contributed by atoms with Gasteiger partial charge in [-0.1, -0.05) is 44.4 Å². The fourth-order valence-corrected chi connectivity index (χ4v) is 1.95. The third-order valence-corrected chi connectivity index (χ3v) is 3.09. The number of hydrogen-bond acceptors (Lipinski definition) is 2. The number of unbranched alkanes of at least 4 members (excludes halogenated alkanes) is 4. The standard InChI is InChI=1S/C17H23FN2O/c1-2-3-4-5-6-9-17(21)20-15-11-10-14(8-7-12-19)16(18)13-15/h10-11,13H,2-6,9,12,19H2,1H3,(H,20,21). The van der Waals surface area contributed by atoms with Gasteiger partial charge in [-0.15, -0.1) is 0 Å². The smallest absolute Gasteiger partial charge is 0.224 e. The second kappa shape index (κ2) is 9.95. The molecule has 1 aromatic rings. The Morgan fingerprint density at radius 1 is 1.29 bits per heavy atom. The molecule has 0 radical (unpaired) electrons. The summed E-state index contributed by atoms with van der Waals surface area (Å²) in [4.78, 5) is 11.7. The predicted octanol–water partition coefficient (Wildman–Crippen LogP) is 3.43. The van der Waals surface area contributed by atoms with Crippen LogP contribution in [0.1, 0.15) is 51.0 Å². The maximum atomic E-state index is 13.7. The molecule has 0 aliphatic rings.